The second-order valence-electron chi connectivity index (χ2n) is 11.4. The first-order valence-corrected chi connectivity index (χ1v) is 14.7. The molecule has 230 valence electrons. The summed E-state index contributed by atoms with van der Waals surface area (Å²) in [5.74, 6) is -1.12. The number of likely N-dealkylation sites (tertiary alicyclic amines) is 1. The van der Waals surface area contributed by atoms with Crippen molar-refractivity contribution in [2.45, 2.75) is 31.7 Å². The molecule has 0 aliphatic carbocycles. The van der Waals surface area contributed by atoms with Gasteiger partial charge in [-0.3, -0.25) is 29.2 Å². The van der Waals surface area contributed by atoms with Crippen LogP contribution in [0.1, 0.15) is 24.0 Å². The van der Waals surface area contributed by atoms with Crippen molar-refractivity contribution >= 4 is 29.6 Å². The van der Waals surface area contributed by atoms with Gasteiger partial charge in [0.05, 0.1) is 19.0 Å². The van der Waals surface area contributed by atoms with E-state index in [9.17, 15) is 19.5 Å². The molecule has 12 heteroatoms. The third kappa shape index (κ3) is 8.09. The zero-order chi connectivity index (χ0) is 30.3. The van der Waals surface area contributed by atoms with Gasteiger partial charge in [0.1, 0.15) is 24.7 Å². The van der Waals surface area contributed by atoms with Crippen LogP contribution in [-0.4, -0.2) is 115 Å². The number of rotatable bonds is 10. The van der Waals surface area contributed by atoms with Crippen molar-refractivity contribution in [2.75, 3.05) is 64.3 Å². The number of anilines is 1. The molecule has 3 saturated heterocycles. The molecule has 0 saturated carbocycles. The van der Waals surface area contributed by atoms with E-state index in [1.165, 1.54) is 0 Å². The lowest BCUT2D eigenvalue weighted by Crippen LogP contribution is -2.50. The number of esters is 1. The van der Waals surface area contributed by atoms with Crippen LogP contribution < -0.4 is 10.6 Å². The zero-order valence-electron chi connectivity index (χ0n) is 24.5. The van der Waals surface area contributed by atoms with Crippen LogP contribution in [0.4, 0.5) is 10.5 Å². The van der Waals surface area contributed by atoms with E-state index in [1.54, 1.807) is 4.90 Å². The Kier molecular flexibility index (Phi) is 9.90. The second kappa shape index (κ2) is 14.0. The molecule has 0 aromatic heterocycles. The number of piperazine rings is 1. The van der Waals surface area contributed by atoms with Crippen LogP contribution in [0.2, 0.25) is 0 Å². The number of carboxylic acid groups (broad SMARTS) is 1. The largest absolute Gasteiger partial charge is 0.481 e. The van der Waals surface area contributed by atoms with Crippen LogP contribution in [-0.2, 0) is 25.7 Å². The first-order valence-electron chi connectivity index (χ1n) is 14.7. The number of nitrogens with zero attached hydrogens (tertiary/aromatic N) is 5. The number of carbonyl (C=O) groups excluding carboxylic acids is 2. The van der Waals surface area contributed by atoms with Gasteiger partial charge in [-0.1, -0.05) is 30.3 Å². The lowest BCUT2D eigenvalue weighted by Gasteiger charge is -2.34. The number of aliphatic imine (C=N–C) groups is 1. The van der Waals surface area contributed by atoms with E-state index in [1.807, 2.05) is 66.5 Å². The third-order valence-corrected chi connectivity index (χ3v) is 8.34. The number of hydrogen-bond acceptors (Lipinski definition) is 9. The lowest BCUT2D eigenvalue weighted by atomic mass is 9.95. The number of amides is 1. The minimum Gasteiger partial charge on any atom is -0.481 e. The summed E-state index contributed by atoms with van der Waals surface area (Å²) in [4.78, 5) is 49.0. The Morgan fingerprint density at radius 1 is 1.02 bits per heavy atom. The number of cyclic esters (lactones) is 1. The molecule has 3 fully saturated rings. The highest BCUT2D eigenvalue weighted by molar-refractivity contribution is 5.98. The van der Waals surface area contributed by atoms with E-state index in [2.05, 4.69) is 14.8 Å². The highest BCUT2D eigenvalue weighted by Gasteiger charge is 2.34. The van der Waals surface area contributed by atoms with E-state index >= 15 is 0 Å². The first-order chi connectivity index (χ1) is 20.7. The monoisotopic (exact) mass is 592 g/mol. The molecular formula is C31H40N6O6. The molecule has 2 aromatic carbocycles. The number of amidine groups is 1. The van der Waals surface area contributed by atoms with E-state index in [-0.39, 0.29) is 37.5 Å². The van der Waals surface area contributed by atoms with Gasteiger partial charge in [-0.05, 0) is 49.7 Å². The van der Waals surface area contributed by atoms with Gasteiger partial charge in [-0.2, -0.15) is 0 Å². The predicted octanol–water partition coefficient (Wildman–Crippen LogP) is 1.83. The topological polar surface area (TPSA) is 141 Å². The number of piperidine rings is 1. The maximum absolute atomic E-state index is 12.7. The van der Waals surface area contributed by atoms with E-state index in [4.69, 9.17) is 15.2 Å². The summed E-state index contributed by atoms with van der Waals surface area (Å²) < 4.78 is 11.1. The van der Waals surface area contributed by atoms with Gasteiger partial charge < -0.3 is 20.3 Å². The van der Waals surface area contributed by atoms with Gasteiger partial charge >= 0.3 is 18.0 Å². The van der Waals surface area contributed by atoms with Gasteiger partial charge in [0, 0.05) is 50.5 Å². The maximum Gasteiger partial charge on any atom is 0.414 e. The van der Waals surface area contributed by atoms with E-state index < -0.39 is 11.9 Å². The quantitative estimate of drug-likeness (QED) is 0.238. The van der Waals surface area contributed by atoms with Gasteiger partial charge in [0.15, 0.2) is 0 Å². The standard InChI is InChI=1S/C31H40N6O6/c1-34-12-11-24(30(39)40)17-27(34)33-29(32)23-7-9-25(10-8-23)37-19-26(43-31(37)41)18-35-13-15-36(16-14-35)20-28(38)42-21-22-5-3-2-4-6-22/h2-10,24,26-27H,11-21H2,1H3,(H2,32,33)(H,39,40). The van der Waals surface area contributed by atoms with Crippen LogP contribution in [0.15, 0.2) is 59.6 Å². The third-order valence-electron chi connectivity index (χ3n) is 8.34. The Bertz CT molecular complexity index is 1300. The van der Waals surface area contributed by atoms with Gasteiger partial charge in [0.2, 0.25) is 0 Å². The van der Waals surface area contributed by atoms with Gasteiger partial charge in [0.25, 0.3) is 0 Å². The molecule has 3 atom stereocenters. The number of nitrogens with two attached hydrogens (primary N) is 1. The van der Waals surface area contributed by atoms with E-state index in [0.29, 0.717) is 49.6 Å². The molecule has 43 heavy (non-hydrogen) atoms. The molecule has 0 bridgehead atoms. The fourth-order valence-electron chi connectivity index (χ4n) is 5.70. The fourth-order valence-corrected chi connectivity index (χ4v) is 5.70. The normalized spacial score (nSPS) is 24.1. The summed E-state index contributed by atoms with van der Waals surface area (Å²) in [5, 5.41) is 9.39. The number of carbonyl (C=O) groups is 3. The fraction of sp³-hybridized carbons (Fsp3) is 0.484. The molecule has 3 aliphatic heterocycles. The van der Waals surface area contributed by atoms with Crippen molar-refractivity contribution in [2.24, 2.45) is 16.6 Å². The molecule has 0 spiro atoms. The molecule has 3 aliphatic rings. The molecule has 2 aromatic rings. The average Bonchev–Trinajstić information content (AvgIpc) is 3.38. The molecule has 1 amide bonds. The highest BCUT2D eigenvalue weighted by Crippen LogP contribution is 2.25. The number of benzene rings is 2. The van der Waals surface area contributed by atoms with Crippen LogP contribution in [0, 0.1) is 5.92 Å². The first kappa shape index (κ1) is 30.5. The second-order valence-corrected chi connectivity index (χ2v) is 11.4. The summed E-state index contributed by atoms with van der Waals surface area (Å²) in [7, 11) is 1.92. The van der Waals surface area contributed by atoms with Crippen LogP contribution in [0.3, 0.4) is 0 Å². The summed E-state index contributed by atoms with van der Waals surface area (Å²) in [6.07, 6.45) is 0.0796. The Hall–Kier alpha value is -4.00. The lowest BCUT2D eigenvalue weighted by molar-refractivity contribution is -0.147. The number of hydrogen-bond donors (Lipinski definition) is 2. The van der Waals surface area contributed by atoms with Crippen molar-refractivity contribution in [1.29, 1.82) is 0 Å². The molecule has 3 N–H and O–H groups in total. The van der Waals surface area contributed by atoms with Crippen LogP contribution in [0.5, 0.6) is 0 Å². The number of ether oxygens (including phenoxy) is 2. The summed E-state index contributed by atoms with van der Waals surface area (Å²) in [6, 6.07) is 16.9. The average molecular weight is 593 g/mol. The SMILES string of the molecule is CN1CCC(C(=O)O)CC1N=C(N)c1ccc(N2CC(CN3CCN(CC(=O)OCc4ccccc4)CC3)OC2=O)cc1. The van der Waals surface area contributed by atoms with E-state index in [0.717, 1.165) is 31.7 Å². The van der Waals surface area contributed by atoms with Gasteiger partial charge in [-0.15, -0.1) is 0 Å². The maximum atomic E-state index is 12.7. The van der Waals surface area contributed by atoms with Crippen molar-refractivity contribution in [3.63, 3.8) is 0 Å². The summed E-state index contributed by atoms with van der Waals surface area (Å²) in [5.41, 5.74) is 8.67. The zero-order valence-corrected chi connectivity index (χ0v) is 24.5. The minimum atomic E-state index is -0.800. The Labute approximate surface area is 251 Å². The molecular weight excluding hydrogens is 552 g/mol. The van der Waals surface area contributed by atoms with Crippen molar-refractivity contribution < 1.29 is 29.0 Å². The number of carboxylic acids is 1. The predicted molar refractivity (Wildman–Crippen MR) is 161 cm³/mol. The molecule has 3 unspecified atom stereocenters. The van der Waals surface area contributed by atoms with Crippen molar-refractivity contribution in [1.82, 2.24) is 14.7 Å². The minimum absolute atomic E-state index is 0.232. The van der Waals surface area contributed by atoms with Crippen LogP contribution >= 0.6 is 0 Å². The summed E-state index contributed by atoms with van der Waals surface area (Å²) in [6.45, 7) is 5.28. The molecule has 3 heterocycles. The summed E-state index contributed by atoms with van der Waals surface area (Å²) >= 11 is 0. The van der Waals surface area contributed by atoms with Crippen molar-refractivity contribution in [3.05, 3.63) is 65.7 Å². The van der Waals surface area contributed by atoms with Gasteiger partial charge in [-0.25, -0.2) is 9.79 Å². The Morgan fingerprint density at radius 3 is 2.42 bits per heavy atom. The Morgan fingerprint density at radius 2 is 1.72 bits per heavy atom. The molecule has 5 rings (SSSR count). The Balaban J connectivity index is 1.07. The van der Waals surface area contributed by atoms with Crippen LogP contribution in [0.25, 0.3) is 0 Å². The van der Waals surface area contributed by atoms with Crippen molar-refractivity contribution in [3.8, 4) is 0 Å². The molecule has 0 radical (unpaired) electrons. The number of aliphatic carboxylic acids is 1. The molecule has 12 nitrogen and oxygen atoms in total. The highest BCUT2D eigenvalue weighted by atomic mass is 16.6. The smallest absolute Gasteiger partial charge is 0.414 e.